The van der Waals surface area contributed by atoms with Crippen molar-refractivity contribution in [3.8, 4) is 11.1 Å². The molecule has 5 heteroatoms. The first-order chi connectivity index (χ1) is 9.50. The highest BCUT2D eigenvalue weighted by Gasteiger charge is 2.17. The van der Waals surface area contributed by atoms with Crippen LogP contribution in [0.4, 0.5) is 4.39 Å². The molecule has 0 spiro atoms. The van der Waals surface area contributed by atoms with Gasteiger partial charge in [-0.3, -0.25) is 4.79 Å². The number of carbonyl (C=O) groups is 1. The van der Waals surface area contributed by atoms with Gasteiger partial charge in [0.1, 0.15) is 5.82 Å². The van der Waals surface area contributed by atoms with Crippen LogP contribution in [0.15, 0.2) is 36.4 Å². The lowest BCUT2D eigenvalue weighted by Gasteiger charge is -2.11. The molecule has 0 aliphatic rings. The lowest BCUT2D eigenvalue weighted by molar-refractivity contribution is -0.136. The first-order valence-corrected chi connectivity index (χ1v) is 6.70. The number of hydrogen-bond acceptors (Lipinski definition) is 1. The van der Waals surface area contributed by atoms with Gasteiger partial charge < -0.3 is 5.11 Å². The van der Waals surface area contributed by atoms with Gasteiger partial charge in [0.25, 0.3) is 0 Å². The summed E-state index contributed by atoms with van der Waals surface area (Å²) in [5.41, 5.74) is 1.30. The standard InChI is InChI=1S/C15H11Cl2FO2/c16-12-8-11(9-4-2-1-3-5-9)15(18)14(17)10(12)6-7-13(19)20/h1-5,8H,6-7H2,(H,19,20). The number of rotatable bonds is 4. The molecular weight excluding hydrogens is 302 g/mol. The Bertz CT molecular complexity index is 642. The first-order valence-electron chi connectivity index (χ1n) is 5.94. The van der Waals surface area contributed by atoms with Crippen molar-refractivity contribution in [2.75, 3.05) is 0 Å². The van der Waals surface area contributed by atoms with Gasteiger partial charge in [-0.15, -0.1) is 0 Å². The van der Waals surface area contributed by atoms with E-state index >= 15 is 0 Å². The SMILES string of the molecule is O=C(O)CCc1c(Cl)cc(-c2ccccc2)c(F)c1Cl. The van der Waals surface area contributed by atoms with Crippen molar-refractivity contribution in [1.82, 2.24) is 0 Å². The second kappa shape index (κ2) is 6.25. The molecule has 0 fully saturated rings. The Kier molecular flexibility index (Phi) is 4.63. The molecule has 0 aliphatic heterocycles. The smallest absolute Gasteiger partial charge is 0.303 e. The summed E-state index contributed by atoms with van der Waals surface area (Å²) in [6.07, 6.45) is -0.0530. The highest BCUT2D eigenvalue weighted by Crippen LogP contribution is 2.35. The van der Waals surface area contributed by atoms with Gasteiger partial charge in [-0.25, -0.2) is 4.39 Å². The normalized spacial score (nSPS) is 10.6. The summed E-state index contributed by atoms with van der Waals surface area (Å²) in [6, 6.07) is 10.4. The van der Waals surface area contributed by atoms with Crippen molar-refractivity contribution in [2.24, 2.45) is 0 Å². The largest absolute Gasteiger partial charge is 0.481 e. The number of carboxylic acid groups (broad SMARTS) is 1. The van der Waals surface area contributed by atoms with E-state index in [-0.39, 0.29) is 22.9 Å². The molecule has 20 heavy (non-hydrogen) atoms. The number of carboxylic acids is 1. The summed E-state index contributed by atoms with van der Waals surface area (Å²) in [5.74, 6) is -1.56. The van der Waals surface area contributed by atoms with E-state index in [0.29, 0.717) is 16.7 Å². The molecular formula is C15H11Cl2FO2. The molecule has 2 rings (SSSR count). The highest BCUT2D eigenvalue weighted by molar-refractivity contribution is 6.36. The molecule has 0 bridgehead atoms. The molecule has 0 unspecified atom stereocenters. The lowest BCUT2D eigenvalue weighted by Crippen LogP contribution is -2.00. The number of hydrogen-bond donors (Lipinski definition) is 1. The quantitative estimate of drug-likeness (QED) is 0.822. The first kappa shape index (κ1) is 14.8. The molecule has 0 saturated carbocycles. The molecule has 0 radical (unpaired) electrons. The fourth-order valence-corrected chi connectivity index (χ4v) is 2.57. The Morgan fingerprint density at radius 2 is 1.85 bits per heavy atom. The monoisotopic (exact) mass is 312 g/mol. The van der Waals surface area contributed by atoms with Gasteiger partial charge >= 0.3 is 5.97 Å². The van der Waals surface area contributed by atoms with E-state index < -0.39 is 11.8 Å². The van der Waals surface area contributed by atoms with E-state index in [1.807, 2.05) is 6.07 Å². The molecule has 2 aromatic rings. The second-order valence-corrected chi connectivity index (χ2v) is 5.06. The van der Waals surface area contributed by atoms with Crippen molar-refractivity contribution < 1.29 is 14.3 Å². The second-order valence-electron chi connectivity index (χ2n) is 4.27. The van der Waals surface area contributed by atoms with Crippen molar-refractivity contribution in [3.05, 3.63) is 57.8 Å². The average molecular weight is 313 g/mol. The predicted molar refractivity (Wildman–Crippen MR) is 77.8 cm³/mol. The van der Waals surface area contributed by atoms with Gasteiger partial charge in [0.05, 0.1) is 5.02 Å². The van der Waals surface area contributed by atoms with E-state index in [2.05, 4.69) is 0 Å². The predicted octanol–water partition coefficient (Wildman–Crippen LogP) is 4.82. The van der Waals surface area contributed by atoms with Crippen molar-refractivity contribution in [3.63, 3.8) is 0 Å². The van der Waals surface area contributed by atoms with Gasteiger partial charge in [0.2, 0.25) is 0 Å². The van der Waals surface area contributed by atoms with E-state index in [4.69, 9.17) is 28.3 Å². The highest BCUT2D eigenvalue weighted by atomic mass is 35.5. The Balaban J connectivity index is 2.46. The minimum atomic E-state index is -0.982. The van der Waals surface area contributed by atoms with Gasteiger partial charge in [-0.05, 0) is 23.6 Å². The van der Waals surface area contributed by atoms with E-state index in [1.165, 1.54) is 6.07 Å². The van der Waals surface area contributed by atoms with Crippen LogP contribution >= 0.6 is 23.2 Å². The van der Waals surface area contributed by atoms with Crippen LogP contribution < -0.4 is 0 Å². The Morgan fingerprint density at radius 1 is 1.20 bits per heavy atom. The topological polar surface area (TPSA) is 37.3 Å². The van der Waals surface area contributed by atoms with Crippen LogP contribution in [0, 0.1) is 5.82 Å². The number of halogens is 3. The third-order valence-corrected chi connectivity index (χ3v) is 3.66. The number of aliphatic carboxylic acids is 1. The van der Waals surface area contributed by atoms with E-state index in [9.17, 15) is 9.18 Å². The molecule has 0 amide bonds. The van der Waals surface area contributed by atoms with Crippen molar-refractivity contribution in [2.45, 2.75) is 12.8 Å². The zero-order valence-corrected chi connectivity index (χ0v) is 11.9. The molecule has 0 aliphatic carbocycles. The Labute approximate surface area is 125 Å². The molecule has 104 valence electrons. The van der Waals surface area contributed by atoms with E-state index in [1.54, 1.807) is 24.3 Å². The maximum atomic E-state index is 14.3. The van der Waals surface area contributed by atoms with Crippen LogP contribution in [0.2, 0.25) is 10.0 Å². The minimum absolute atomic E-state index is 0.0962. The van der Waals surface area contributed by atoms with Crippen LogP contribution in [0.1, 0.15) is 12.0 Å². The summed E-state index contributed by atoms with van der Waals surface area (Å²) in [7, 11) is 0. The van der Waals surface area contributed by atoms with Gasteiger partial charge in [-0.1, -0.05) is 53.5 Å². The molecule has 0 saturated heterocycles. The Hall–Kier alpha value is -1.58. The Morgan fingerprint density at radius 3 is 2.45 bits per heavy atom. The molecule has 1 N–H and O–H groups in total. The third-order valence-electron chi connectivity index (χ3n) is 2.93. The third kappa shape index (κ3) is 3.11. The van der Waals surface area contributed by atoms with Crippen LogP contribution in [0.3, 0.4) is 0 Å². The zero-order chi connectivity index (χ0) is 14.7. The van der Waals surface area contributed by atoms with Gasteiger partial charge in [0.15, 0.2) is 0 Å². The summed E-state index contributed by atoms with van der Waals surface area (Å²) in [6.45, 7) is 0. The maximum Gasteiger partial charge on any atom is 0.303 e. The average Bonchev–Trinajstić information content (AvgIpc) is 2.43. The summed E-state index contributed by atoms with van der Waals surface area (Å²) in [4.78, 5) is 10.6. The number of benzene rings is 2. The van der Waals surface area contributed by atoms with Crippen LogP contribution in [-0.4, -0.2) is 11.1 Å². The van der Waals surface area contributed by atoms with E-state index in [0.717, 1.165) is 0 Å². The summed E-state index contributed by atoms with van der Waals surface area (Å²) >= 11 is 12.1. The van der Waals surface area contributed by atoms with Crippen LogP contribution in [-0.2, 0) is 11.2 Å². The summed E-state index contributed by atoms with van der Waals surface area (Å²) < 4.78 is 14.3. The fraction of sp³-hybridized carbons (Fsp3) is 0.133. The molecule has 2 aromatic carbocycles. The lowest BCUT2D eigenvalue weighted by atomic mass is 10.0. The molecule has 0 aromatic heterocycles. The maximum absolute atomic E-state index is 14.3. The summed E-state index contributed by atoms with van der Waals surface area (Å²) in [5, 5.41) is 8.84. The molecule has 0 heterocycles. The van der Waals surface area contributed by atoms with Crippen LogP contribution in [0.25, 0.3) is 11.1 Å². The van der Waals surface area contributed by atoms with Gasteiger partial charge in [-0.2, -0.15) is 0 Å². The zero-order valence-electron chi connectivity index (χ0n) is 10.4. The fourth-order valence-electron chi connectivity index (χ4n) is 1.92. The molecule has 2 nitrogen and oxygen atoms in total. The molecule has 0 atom stereocenters. The minimum Gasteiger partial charge on any atom is -0.481 e. The van der Waals surface area contributed by atoms with Crippen LogP contribution in [0.5, 0.6) is 0 Å². The van der Waals surface area contributed by atoms with Crippen molar-refractivity contribution >= 4 is 29.2 Å². The van der Waals surface area contributed by atoms with Crippen molar-refractivity contribution in [1.29, 1.82) is 0 Å². The van der Waals surface area contributed by atoms with Gasteiger partial charge in [0, 0.05) is 17.0 Å².